The summed E-state index contributed by atoms with van der Waals surface area (Å²) >= 11 is 5.69. The van der Waals surface area contributed by atoms with Gasteiger partial charge in [0.2, 0.25) is 5.91 Å². The number of amides is 1. The molecule has 1 aromatic rings. The fourth-order valence-electron chi connectivity index (χ4n) is 1.35. The second kappa shape index (κ2) is 5.92. The van der Waals surface area contributed by atoms with Gasteiger partial charge in [-0.1, -0.05) is 0 Å². The molecule has 17 heavy (non-hydrogen) atoms. The first-order chi connectivity index (χ1) is 7.90. The first-order valence-corrected chi connectivity index (χ1v) is 6.06. The van der Waals surface area contributed by atoms with Crippen molar-refractivity contribution in [1.29, 1.82) is 0 Å². The van der Waals surface area contributed by atoms with Crippen LogP contribution in [-0.2, 0) is 4.79 Å². The summed E-state index contributed by atoms with van der Waals surface area (Å²) in [6.07, 6.45) is 0.137. The Morgan fingerprint density at radius 1 is 1.35 bits per heavy atom. The fraction of sp³-hybridized carbons (Fsp3) is 0.462. The number of rotatable bonds is 4. The maximum atomic E-state index is 11.5. The average Bonchev–Trinajstić information content (AvgIpc) is 2.20. The highest BCUT2D eigenvalue weighted by Crippen LogP contribution is 2.22. The monoisotopic (exact) mass is 255 g/mol. The van der Waals surface area contributed by atoms with E-state index in [1.165, 1.54) is 0 Å². The van der Waals surface area contributed by atoms with E-state index in [-0.39, 0.29) is 12.0 Å². The number of hydrogen-bond donors (Lipinski definition) is 1. The van der Waals surface area contributed by atoms with Crippen molar-refractivity contribution in [2.75, 3.05) is 5.32 Å². The van der Waals surface area contributed by atoms with Crippen molar-refractivity contribution in [2.24, 2.45) is 0 Å². The lowest BCUT2D eigenvalue weighted by molar-refractivity contribution is -0.115. The number of anilines is 1. The van der Waals surface area contributed by atoms with E-state index in [0.29, 0.717) is 0 Å². The molecule has 4 heteroatoms. The second-order valence-electron chi connectivity index (χ2n) is 4.25. The van der Waals surface area contributed by atoms with E-state index in [0.717, 1.165) is 17.0 Å². The summed E-state index contributed by atoms with van der Waals surface area (Å²) in [5, 5.41) is 2.22. The van der Waals surface area contributed by atoms with Gasteiger partial charge in [-0.05, 0) is 51.5 Å². The Labute approximate surface area is 107 Å². The molecule has 0 heterocycles. The zero-order chi connectivity index (χ0) is 13.0. The zero-order valence-corrected chi connectivity index (χ0v) is 11.3. The summed E-state index contributed by atoms with van der Waals surface area (Å²) in [5.41, 5.74) is 1.72. The molecule has 1 amide bonds. The number of aryl methyl sites for hydroxylation is 1. The number of hydrogen-bond acceptors (Lipinski definition) is 2. The van der Waals surface area contributed by atoms with E-state index < -0.39 is 5.38 Å². The molecule has 0 bridgehead atoms. The molecule has 0 aromatic heterocycles. The van der Waals surface area contributed by atoms with Gasteiger partial charge in [0, 0.05) is 5.69 Å². The van der Waals surface area contributed by atoms with Gasteiger partial charge in [-0.15, -0.1) is 11.6 Å². The zero-order valence-electron chi connectivity index (χ0n) is 10.6. The quantitative estimate of drug-likeness (QED) is 0.838. The highest BCUT2D eigenvalue weighted by molar-refractivity contribution is 6.32. The van der Waals surface area contributed by atoms with Crippen molar-refractivity contribution >= 4 is 23.2 Å². The standard InChI is InChI=1S/C13H18ClNO2/c1-8(2)17-11-5-6-12(9(3)7-11)15-13(16)10(4)14/h5-8,10H,1-4H3,(H,15,16). The topological polar surface area (TPSA) is 38.3 Å². The maximum Gasteiger partial charge on any atom is 0.242 e. The molecule has 0 saturated carbocycles. The number of carbonyl (C=O) groups excluding carboxylic acids is 1. The Bertz CT molecular complexity index is 402. The van der Waals surface area contributed by atoms with Gasteiger partial charge < -0.3 is 10.1 Å². The van der Waals surface area contributed by atoms with Gasteiger partial charge in [-0.2, -0.15) is 0 Å². The molecule has 1 atom stereocenters. The minimum atomic E-state index is -0.541. The molecule has 1 unspecified atom stereocenters. The minimum absolute atomic E-state index is 0.137. The van der Waals surface area contributed by atoms with Gasteiger partial charge in [0.25, 0.3) is 0 Å². The third-order valence-corrected chi connectivity index (χ3v) is 2.39. The summed E-state index contributed by atoms with van der Waals surface area (Å²) < 4.78 is 5.56. The second-order valence-corrected chi connectivity index (χ2v) is 4.90. The molecule has 0 saturated heterocycles. The van der Waals surface area contributed by atoms with Crippen LogP contribution in [0, 0.1) is 6.92 Å². The van der Waals surface area contributed by atoms with Crippen LogP contribution in [0.4, 0.5) is 5.69 Å². The van der Waals surface area contributed by atoms with E-state index in [1.54, 1.807) is 6.92 Å². The molecule has 94 valence electrons. The Kier molecular flexibility index (Phi) is 4.82. The Morgan fingerprint density at radius 3 is 2.47 bits per heavy atom. The van der Waals surface area contributed by atoms with Crippen molar-refractivity contribution in [3.05, 3.63) is 23.8 Å². The molecule has 0 spiro atoms. The van der Waals surface area contributed by atoms with Gasteiger partial charge in [-0.3, -0.25) is 4.79 Å². The maximum absolute atomic E-state index is 11.5. The van der Waals surface area contributed by atoms with Crippen LogP contribution in [0.25, 0.3) is 0 Å². The number of nitrogens with one attached hydrogen (secondary N) is 1. The van der Waals surface area contributed by atoms with Gasteiger partial charge in [0.05, 0.1) is 6.10 Å². The van der Waals surface area contributed by atoms with Crippen LogP contribution in [0.1, 0.15) is 26.3 Å². The summed E-state index contributed by atoms with van der Waals surface area (Å²) in [7, 11) is 0. The third kappa shape index (κ3) is 4.27. The van der Waals surface area contributed by atoms with Crippen molar-refractivity contribution in [1.82, 2.24) is 0 Å². The lowest BCUT2D eigenvalue weighted by Crippen LogP contribution is -2.20. The van der Waals surface area contributed by atoms with Crippen molar-refractivity contribution in [3.8, 4) is 5.75 Å². The molecular formula is C13H18ClNO2. The van der Waals surface area contributed by atoms with Crippen LogP contribution in [0.3, 0.4) is 0 Å². The van der Waals surface area contributed by atoms with Crippen molar-refractivity contribution < 1.29 is 9.53 Å². The Morgan fingerprint density at radius 2 is 2.00 bits per heavy atom. The fourth-order valence-corrected chi connectivity index (χ4v) is 1.41. The van der Waals surface area contributed by atoms with E-state index in [4.69, 9.17) is 16.3 Å². The number of alkyl halides is 1. The molecule has 1 aromatic carbocycles. The van der Waals surface area contributed by atoms with Crippen LogP contribution in [-0.4, -0.2) is 17.4 Å². The highest BCUT2D eigenvalue weighted by Gasteiger charge is 2.11. The summed E-state index contributed by atoms with van der Waals surface area (Å²) in [5.74, 6) is 0.599. The van der Waals surface area contributed by atoms with Gasteiger partial charge in [0.1, 0.15) is 11.1 Å². The van der Waals surface area contributed by atoms with Gasteiger partial charge in [0.15, 0.2) is 0 Å². The molecule has 3 nitrogen and oxygen atoms in total. The molecular weight excluding hydrogens is 238 g/mol. The third-order valence-electron chi connectivity index (χ3n) is 2.19. The van der Waals surface area contributed by atoms with Gasteiger partial charge >= 0.3 is 0 Å². The SMILES string of the molecule is Cc1cc(OC(C)C)ccc1NC(=O)C(C)Cl. The summed E-state index contributed by atoms with van der Waals surface area (Å²) in [6.45, 7) is 7.50. The lowest BCUT2D eigenvalue weighted by Gasteiger charge is -2.13. The first kappa shape index (κ1) is 13.8. The van der Waals surface area contributed by atoms with Crippen LogP contribution in [0.15, 0.2) is 18.2 Å². The lowest BCUT2D eigenvalue weighted by atomic mass is 10.2. The largest absolute Gasteiger partial charge is 0.491 e. The van der Waals surface area contributed by atoms with E-state index >= 15 is 0 Å². The van der Waals surface area contributed by atoms with Crippen LogP contribution in [0.2, 0.25) is 0 Å². The molecule has 0 aliphatic rings. The van der Waals surface area contributed by atoms with E-state index in [9.17, 15) is 4.79 Å². The smallest absolute Gasteiger partial charge is 0.242 e. The minimum Gasteiger partial charge on any atom is -0.491 e. The number of ether oxygens (including phenoxy) is 1. The number of benzene rings is 1. The summed E-state index contributed by atoms with van der Waals surface area (Å²) in [4.78, 5) is 11.5. The molecule has 1 rings (SSSR count). The molecule has 1 N–H and O–H groups in total. The first-order valence-electron chi connectivity index (χ1n) is 5.62. The van der Waals surface area contributed by atoms with Crippen molar-refractivity contribution in [2.45, 2.75) is 39.2 Å². The van der Waals surface area contributed by atoms with Gasteiger partial charge in [-0.25, -0.2) is 0 Å². The molecule has 0 aliphatic carbocycles. The number of carbonyl (C=O) groups is 1. The Hall–Kier alpha value is -1.22. The predicted octanol–water partition coefficient (Wildman–Crippen LogP) is 3.35. The number of halogens is 1. The van der Waals surface area contributed by atoms with Crippen LogP contribution in [0.5, 0.6) is 5.75 Å². The van der Waals surface area contributed by atoms with Crippen LogP contribution >= 0.6 is 11.6 Å². The molecule has 0 aliphatic heterocycles. The normalized spacial score (nSPS) is 12.4. The van der Waals surface area contributed by atoms with Crippen molar-refractivity contribution in [3.63, 3.8) is 0 Å². The highest BCUT2D eigenvalue weighted by atomic mass is 35.5. The van der Waals surface area contributed by atoms with E-state index in [1.807, 2.05) is 39.0 Å². The average molecular weight is 256 g/mol. The summed E-state index contributed by atoms with van der Waals surface area (Å²) in [6, 6.07) is 5.56. The predicted molar refractivity (Wildman–Crippen MR) is 70.9 cm³/mol. The van der Waals surface area contributed by atoms with E-state index in [2.05, 4.69) is 5.32 Å². The Balaban J connectivity index is 2.79. The van der Waals surface area contributed by atoms with Crippen LogP contribution < -0.4 is 10.1 Å². The molecule has 0 fully saturated rings. The molecule has 0 radical (unpaired) electrons.